The van der Waals surface area contributed by atoms with Gasteiger partial charge in [0.25, 0.3) is 0 Å². The Labute approximate surface area is 210 Å². The molecule has 0 saturated heterocycles. The molecule has 0 aromatic rings. The molecule has 1 N–H and O–H groups in total. The minimum Gasteiger partial charge on any atom is -0.459 e. The Morgan fingerprint density at radius 2 is 1.97 bits per heavy atom. The van der Waals surface area contributed by atoms with Crippen molar-refractivity contribution in [1.82, 2.24) is 0 Å². The molecule has 2 bridgehead atoms. The molecule has 0 saturated carbocycles. The van der Waals surface area contributed by atoms with Crippen LogP contribution in [0.4, 0.5) is 0 Å². The van der Waals surface area contributed by atoms with Crippen molar-refractivity contribution in [2.24, 2.45) is 5.92 Å². The van der Waals surface area contributed by atoms with Gasteiger partial charge in [0.2, 0.25) is 0 Å². The highest BCUT2D eigenvalue weighted by Crippen LogP contribution is 2.26. The molecule has 6 heteroatoms. The SMILES string of the molecule is C=C1CC(O)/C=C/C[C@@H]([C@H](/C=C/[C@@H]2CC(C)=CCO2)OC)OC(=O)C[C@@H]2C=CC[C@@H](C[C@@H](C)C1)O2. The van der Waals surface area contributed by atoms with Gasteiger partial charge in [0.15, 0.2) is 0 Å². The summed E-state index contributed by atoms with van der Waals surface area (Å²) in [5.41, 5.74) is 2.32. The second-order valence-electron chi connectivity index (χ2n) is 10.1. The normalized spacial score (nSPS) is 35.4. The van der Waals surface area contributed by atoms with Crippen LogP contribution in [0.3, 0.4) is 0 Å². The Bertz CT molecular complexity index is 825. The number of esters is 1. The zero-order valence-corrected chi connectivity index (χ0v) is 21.4. The fraction of sp³-hybridized carbons (Fsp3) is 0.621. The van der Waals surface area contributed by atoms with Crippen molar-refractivity contribution in [3.63, 3.8) is 0 Å². The standard InChI is InChI=1S/C29H42O6/c1-20-13-14-33-24(17-20)11-12-27(32-4)28-10-5-7-23(30)16-21(2)15-22(3)18-25-8-6-9-26(34-25)19-29(31)35-28/h5-7,9,11-13,22-28,30H,2,8,10,14-19H2,1,3-4H3/b7-5+,12-11+/t22-,23?,24+,25-,26-,27-,28-/m0/s1. The third kappa shape index (κ3) is 9.53. The maximum Gasteiger partial charge on any atom is 0.309 e. The van der Waals surface area contributed by atoms with Crippen molar-refractivity contribution >= 4 is 5.97 Å². The van der Waals surface area contributed by atoms with Gasteiger partial charge in [0, 0.05) is 13.5 Å². The number of methoxy groups -OCH3 is 1. The third-order valence-electron chi connectivity index (χ3n) is 6.71. The molecule has 3 rings (SSSR count). The van der Waals surface area contributed by atoms with Gasteiger partial charge in [-0.25, -0.2) is 0 Å². The molecule has 0 spiro atoms. The number of carbonyl (C=O) groups excluding carboxylic acids is 1. The quantitative estimate of drug-likeness (QED) is 0.446. The molecular weight excluding hydrogens is 444 g/mol. The summed E-state index contributed by atoms with van der Waals surface area (Å²) < 4.78 is 23.6. The highest BCUT2D eigenvalue weighted by Gasteiger charge is 2.27. The van der Waals surface area contributed by atoms with Gasteiger partial charge >= 0.3 is 5.97 Å². The predicted octanol–water partition coefficient (Wildman–Crippen LogP) is 4.99. The third-order valence-corrected chi connectivity index (χ3v) is 6.71. The van der Waals surface area contributed by atoms with Crippen molar-refractivity contribution in [3.05, 3.63) is 60.3 Å². The molecule has 0 amide bonds. The Morgan fingerprint density at radius 1 is 1.17 bits per heavy atom. The van der Waals surface area contributed by atoms with Gasteiger partial charge in [-0.1, -0.05) is 67.2 Å². The van der Waals surface area contributed by atoms with E-state index in [0.29, 0.717) is 25.4 Å². The van der Waals surface area contributed by atoms with E-state index in [2.05, 4.69) is 32.6 Å². The first-order valence-corrected chi connectivity index (χ1v) is 12.8. The summed E-state index contributed by atoms with van der Waals surface area (Å²) >= 11 is 0. The van der Waals surface area contributed by atoms with Crippen LogP contribution in [0.1, 0.15) is 58.8 Å². The van der Waals surface area contributed by atoms with Crippen LogP contribution in [-0.4, -0.2) is 61.4 Å². The minimum atomic E-state index is -0.626. The zero-order valence-electron chi connectivity index (χ0n) is 21.4. The summed E-state index contributed by atoms with van der Waals surface area (Å²) in [6.45, 7) is 9.05. The number of hydrogen-bond donors (Lipinski definition) is 1. The summed E-state index contributed by atoms with van der Waals surface area (Å²) in [5.74, 6) is 0.0673. The van der Waals surface area contributed by atoms with Crippen molar-refractivity contribution in [3.8, 4) is 0 Å². The number of fused-ring (bicyclic) bond motifs is 2. The molecule has 1 unspecified atom stereocenters. The number of aliphatic hydroxyl groups excluding tert-OH is 1. The van der Waals surface area contributed by atoms with E-state index < -0.39 is 18.3 Å². The van der Waals surface area contributed by atoms with Crippen LogP contribution >= 0.6 is 0 Å². The summed E-state index contributed by atoms with van der Waals surface area (Å²) in [6.07, 6.45) is 16.3. The predicted molar refractivity (Wildman–Crippen MR) is 137 cm³/mol. The fourth-order valence-electron chi connectivity index (χ4n) is 4.96. The van der Waals surface area contributed by atoms with Crippen molar-refractivity contribution in [2.45, 2.75) is 95.4 Å². The van der Waals surface area contributed by atoms with Crippen LogP contribution in [-0.2, 0) is 23.7 Å². The second-order valence-corrected chi connectivity index (χ2v) is 10.1. The topological polar surface area (TPSA) is 74.2 Å². The van der Waals surface area contributed by atoms with E-state index in [1.165, 1.54) is 5.57 Å². The minimum absolute atomic E-state index is 0.0250. The summed E-state index contributed by atoms with van der Waals surface area (Å²) in [7, 11) is 1.61. The van der Waals surface area contributed by atoms with Gasteiger partial charge in [-0.3, -0.25) is 4.79 Å². The lowest BCUT2D eigenvalue weighted by Crippen LogP contribution is -2.34. The number of hydrogen-bond acceptors (Lipinski definition) is 6. The van der Waals surface area contributed by atoms with Crippen LogP contribution in [0.15, 0.2) is 60.3 Å². The van der Waals surface area contributed by atoms with Crippen molar-refractivity contribution < 1.29 is 28.8 Å². The smallest absolute Gasteiger partial charge is 0.309 e. The zero-order chi connectivity index (χ0) is 25.2. The average Bonchev–Trinajstić information content (AvgIpc) is 2.78. The molecule has 6 nitrogen and oxygen atoms in total. The lowest BCUT2D eigenvalue weighted by atomic mass is 9.91. The molecule has 0 radical (unpaired) electrons. The van der Waals surface area contributed by atoms with Gasteiger partial charge in [-0.05, 0) is 44.9 Å². The fourth-order valence-corrected chi connectivity index (χ4v) is 4.96. The number of ether oxygens (including phenoxy) is 4. The highest BCUT2D eigenvalue weighted by atomic mass is 16.6. The van der Waals surface area contributed by atoms with Crippen LogP contribution < -0.4 is 0 Å². The van der Waals surface area contributed by atoms with Crippen molar-refractivity contribution in [1.29, 1.82) is 0 Å². The lowest BCUT2D eigenvalue weighted by Gasteiger charge is -2.29. The summed E-state index contributed by atoms with van der Waals surface area (Å²) in [5, 5.41) is 10.5. The monoisotopic (exact) mass is 486 g/mol. The molecule has 0 aliphatic carbocycles. The number of carbonyl (C=O) groups is 1. The molecule has 3 aliphatic rings. The lowest BCUT2D eigenvalue weighted by molar-refractivity contribution is -0.157. The highest BCUT2D eigenvalue weighted by molar-refractivity contribution is 5.70. The summed E-state index contributed by atoms with van der Waals surface area (Å²) in [4.78, 5) is 12.9. The first-order valence-electron chi connectivity index (χ1n) is 12.8. The van der Waals surface area contributed by atoms with E-state index in [-0.39, 0.29) is 30.7 Å². The van der Waals surface area contributed by atoms with E-state index >= 15 is 0 Å². The first kappa shape index (κ1) is 27.6. The molecule has 0 fully saturated rings. The van der Waals surface area contributed by atoms with Crippen LogP contribution in [0.25, 0.3) is 0 Å². The van der Waals surface area contributed by atoms with E-state index in [0.717, 1.165) is 31.3 Å². The molecule has 3 aliphatic heterocycles. The second kappa shape index (κ2) is 13.9. The van der Waals surface area contributed by atoms with Crippen LogP contribution in [0.2, 0.25) is 0 Å². The van der Waals surface area contributed by atoms with Gasteiger partial charge in [-0.2, -0.15) is 0 Å². The molecule has 0 aromatic heterocycles. The molecule has 3 heterocycles. The Hall–Kier alpha value is -1.99. The molecule has 0 aromatic carbocycles. The van der Waals surface area contributed by atoms with Gasteiger partial charge in [0.05, 0.1) is 37.4 Å². The van der Waals surface area contributed by atoms with E-state index in [4.69, 9.17) is 18.9 Å². The maximum absolute atomic E-state index is 12.9. The largest absolute Gasteiger partial charge is 0.459 e. The Kier molecular flexibility index (Phi) is 11.0. The summed E-state index contributed by atoms with van der Waals surface area (Å²) in [6, 6.07) is 0. The Morgan fingerprint density at radius 3 is 2.74 bits per heavy atom. The number of rotatable bonds is 4. The van der Waals surface area contributed by atoms with E-state index in [9.17, 15) is 9.90 Å². The van der Waals surface area contributed by atoms with Crippen LogP contribution in [0, 0.1) is 5.92 Å². The first-order chi connectivity index (χ1) is 16.8. The van der Waals surface area contributed by atoms with Gasteiger partial charge in [0.1, 0.15) is 12.2 Å². The molecule has 194 valence electrons. The molecular formula is C29H42O6. The number of aliphatic hydroxyl groups is 1. The van der Waals surface area contributed by atoms with Crippen molar-refractivity contribution in [2.75, 3.05) is 13.7 Å². The molecule has 35 heavy (non-hydrogen) atoms. The Balaban J connectivity index is 1.74. The van der Waals surface area contributed by atoms with Crippen LogP contribution in [0.5, 0.6) is 0 Å². The molecule has 7 atom stereocenters. The van der Waals surface area contributed by atoms with E-state index in [1.807, 2.05) is 24.3 Å². The van der Waals surface area contributed by atoms with Gasteiger partial charge in [-0.15, -0.1) is 0 Å². The number of cyclic esters (lactones) is 1. The average molecular weight is 487 g/mol. The van der Waals surface area contributed by atoms with E-state index in [1.54, 1.807) is 13.2 Å². The van der Waals surface area contributed by atoms with Gasteiger partial charge < -0.3 is 24.1 Å². The maximum atomic E-state index is 12.9.